The van der Waals surface area contributed by atoms with Crippen molar-refractivity contribution in [3.63, 3.8) is 0 Å². The zero-order valence-corrected chi connectivity index (χ0v) is 10.6. The standard InChI is InChI=1S/C14H15FN2O/c1-14(2,11-4-6-12(15)7-5-11)13-10(9-18)8-17(3)16-13/h4-9H,1-3H3. The van der Waals surface area contributed by atoms with Gasteiger partial charge in [-0.25, -0.2) is 4.39 Å². The molecule has 0 aliphatic carbocycles. The van der Waals surface area contributed by atoms with E-state index in [9.17, 15) is 9.18 Å². The molecule has 94 valence electrons. The Bertz CT molecular complexity index is 570. The van der Waals surface area contributed by atoms with Crippen LogP contribution < -0.4 is 0 Å². The quantitative estimate of drug-likeness (QED) is 0.780. The molecular formula is C14H15FN2O. The monoisotopic (exact) mass is 246 g/mol. The first-order valence-electron chi connectivity index (χ1n) is 5.70. The lowest BCUT2D eigenvalue weighted by molar-refractivity contribution is 0.112. The molecule has 1 heterocycles. The van der Waals surface area contributed by atoms with Gasteiger partial charge in [0.25, 0.3) is 0 Å². The van der Waals surface area contributed by atoms with Crippen LogP contribution in [0.25, 0.3) is 0 Å². The highest BCUT2D eigenvalue weighted by atomic mass is 19.1. The van der Waals surface area contributed by atoms with Gasteiger partial charge < -0.3 is 0 Å². The van der Waals surface area contributed by atoms with Crippen molar-refractivity contribution in [3.05, 3.63) is 53.1 Å². The van der Waals surface area contributed by atoms with Gasteiger partial charge in [0.05, 0.1) is 11.3 Å². The van der Waals surface area contributed by atoms with Crippen molar-refractivity contribution in [1.82, 2.24) is 9.78 Å². The van der Waals surface area contributed by atoms with Crippen LogP contribution in [0.1, 0.15) is 35.5 Å². The molecule has 0 aliphatic rings. The van der Waals surface area contributed by atoms with Crippen LogP contribution in [-0.4, -0.2) is 16.1 Å². The third kappa shape index (κ3) is 2.06. The predicted molar refractivity (Wildman–Crippen MR) is 67.1 cm³/mol. The molecule has 0 saturated heterocycles. The highest BCUT2D eigenvalue weighted by Crippen LogP contribution is 2.31. The van der Waals surface area contributed by atoms with Crippen molar-refractivity contribution in [2.45, 2.75) is 19.3 Å². The van der Waals surface area contributed by atoms with Crippen molar-refractivity contribution in [2.24, 2.45) is 7.05 Å². The summed E-state index contributed by atoms with van der Waals surface area (Å²) in [5.74, 6) is -0.272. The maximum Gasteiger partial charge on any atom is 0.153 e. The second-order valence-electron chi connectivity index (χ2n) is 4.86. The highest BCUT2D eigenvalue weighted by Gasteiger charge is 2.28. The van der Waals surface area contributed by atoms with Crippen LogP contribution in [0.4, 0.5) is 4.39 Å². The second-order valence-corrected chi connectivity index (χ2v) is 4.86. The van der Waals surface area contributed by atoms with Gasteiger partial charge in [0.2, 0.25) is 0 Å². The maximum absolute atomic E-state index is 13.0. The van der Waals surface area contributed by atoms with Crippen LogP contribution in [0.5, 0.6) is 0 Å². The lowest BCUT2D eigenvalue weighted by Gasteiger charge is -2.23. The molecule has 1 aromatic heterocycles. The molecule has 0 spiro atoms. The number of aromatic nitrogens is 2. The summed E-state index contributed by atoms with van der Waals surface area (Å²) in [4.78, 5) is 11.1. The molecule has 0 atom stereocenters. The molecule has 0 saturated carbocycles. The summed E-state index contributed by atoms with van der Waals surface area (Å²) in [6.07, 6.45) is 2.49. The Kier molecular flexibility index (Phi) is 3.03. The van der Waals surface area contributed by atoms with Crippen LogP contribution in [0, 0.1) is 5.82 Å². The minimum atomic E-state index is -0.439. The van der Waals surface area contributed by atoms with Gasteiger partial charge in [0.1, 0.15) is 5.82 Å². The van der Waals surface area contributed by atoms with Gasteiger partial charge in [-0.05, 0) is 17.7 Å². The molecule has 0 amide bonds. The van der Waals surface area contributed by atoms with Crippen molar-refractivity contribution in [1.29, 1.82) is 0 Å². The molecule has 2 aromatic rings. The molecule has 2 rings (SSSR count). The number of nitrogens with zero attached hydrogens (tertiary/aromatic N) is 2. The maximum atomic E-state index is 13.0. The van der Waals surface area contributed by atoms with Gasteiger partial charge in [-0.3, -0.25) is 9.48 Å². The van der Waals surface area contributed by atoms with E-state index in [1.54, 1.807) is 30.1 Å². The summed E-state index contributed by atoms with van der Waals surface area (Å²) in [7, 11) is 1.78. The third-order valence-electron chi connectivity index (χ3n) is 3.14. The smallest absolute Gasteiger partial charge is 0.153 e. The Morgan fingerprint density at radius 1 is 1.28 bits per heavy atom. The van der Waals surface area contributed by atoms with Gasteiger partial charge in [0, 0.05) is 18.7 Å². The lowest BCUT2D eigenvalue weighted by atomic mass is 9.80. The minimum Gasteiger partial charge on any atom is -0.298 e. The molecule has 0 unspecified atom stereocenters. The fourth-order valence-electron chi connectivity index (χ4n) is 2.08. The third-order valence-corrected chi connectivity index (χ3v) is 3.14. The number of halogens is 1. The van der Waals surface area contributed by atoms with Crippen LogP contribution in [0.3, 0.4) is 0 Å². The van der Waals surface area contributed by atoms with E-state index in [0.29, 0.717) is 11.3 Å². The Labute approximate surface area is 105 Å². The summed E-state index contributed by atoms with van der Waals surface area (Å²) >= 11 is 0. The zero-order valence-electron chi connectivity index (χ0n) is 10.6. The van der Waals surface area contributed by atoms with E-state index in [2.05, 4.69) is 5.10 Å². The summed E-state index contributed by atoms with van der Waals surface area (Å²) in [6.45, 7) is 3.94. The molecule has 0 N–H and O–H groups in total. The van der Waals surface area contributed by atoms with E-state index in [-0.39, 0.29) is 5.82 Å². The number of carbonyl (C=O) groups excluding carboxylic acids is 1. The van der Waals surface area contributed by atoms with Gasteiger partial charge in [-0.1, -0.05) is 26.0 Å². The molecule has 0 bridgehead atoms. The minimum absolute atomic E-state index is 0.272. The Balaban J connectivity index is 2.52. The van der Waals surface area contributed by atoms with Crippen LogP contribution in [0.2, 0.25) is 0 Å². The van der Waals surface area contributed by atoms with Crippen molar-refractivity contribution in [3.8, 4) is 0 Å². The molecule has 4 heteroatoms. The second kappa shape index (κ2) is 4.37. The molecule has 1 aromatic carbocycles. The predicted octanol–water partition coefficient (Wildman–Crippen LogP) is 2.70. The fraction of sp³-hybridized carbons (Fsp3) is 0.286. The number of hydrogen-bond donors (Lipinski definition) is 0. The molecular weight excluding hydrogens is 231 g/mol. The fourth-order valence-corrected chi connectivity index (χ4v) is 2.08. The average Bonchev–Trinajstić information content (AvgIpc) is 2.72. The SMILES string of the molecule is Cn1cc(C=O)c(C(C)(C)c2ccc(F)cc2)n1. The highest BCUT2D eigenvalue weighted by molar-refractivity contribution is 5.77. The Morgan fingerprint density at radius 2 is 1.89 bits per heavy atom. The van der Waals surface area contributed by atoms with Gasteiger partial charge in [0.15, 0.2) is 6.29 Å². The first-order chi connectivity index (χ1) is 8.45. The van der Waals surface area contributed by atoms with E-state index < -0.39 is 5.41 Å². The molecule has 3 nitrogen and oxygen atoms in total. The Morgan fingerprint density at radius 3 is 2.44 bits per heavy atom. The van der Waals surface area contributed by atoms with Crippen LogP contribution in [0.15, 0.2) is 30.5 Å². The Hall–Kier alpha value is -1.97. The van der Waals surface area contributed by atoms with Crippen molar-refractivity contribution >= 4 is 6.29 Å². The van der Waals surface area contributed by atoms with Crippen LogP contribution in [-0.2, 0) is 12.5 Å². The molecule has 18 heavy (non-hydrogen) atoms. The van der Waals surface area contributed by atoms with E-state index in [0.717, 1.165) is 11.8 Å². The topological polar surface area (TPSA) is 34.9 Å². The van der Waals surface area contributed by atoms with E-state index in [4.69, 9.17) is 0 Å². The van der Waals surface area contributed by atoms with E-state index in [1.807, 2.05) is 13.8 Å². The lowest BCUT2D eigenvalue weighted by Crippen LogP contribution is -2.21. The first kappa shape index (κ1) is 12.5. The summed E-state index contributed by atoms with van der Waals surface area (Å²) < 4.78 is 14.6. The van der Waals surface area contributed by atoms with Crippen LogP contribution >= 0.6 is 0 Å². The van der Waals surface area contributed by atoms with E-state index >= 15 is 0 Å². The van der Waals surface area contributed by atoms with E-state index in [1.165, 1.54) is 12.1 Å². The number of aldehydes is 1. The summed E-state index contributed by atoms with van der Waals surface area (Å²) in [5.41, 5.74) is 1.75. The summed E-state index contributed by atoms with van der Waals surface area (Å²) in [6, 6.07) is 6.28. The molecule has 0 radical (unpaired) electrons. The number of benzene rings is 1. The van der Waals surface area contributed by atoms with Gasteiger partial charge in [-0.15, -0.1) is 0 Å². The number of hydrogen-bond acceptors (Lipinski definition) is 2. The van der Waals surface area contributed by atoms with Crippen molar-refractivity contribution < 1.29 is 9.18 Å². The average molecular weight is 246 g/mol. The molecule has 0 fully saturated rings. The zero-order chi connectivity index (χ0) is 13.3. The van der Waals surface area contributed by atoms with Crippen molar-refractivity contribution in [2.75, 3.05) is 0 Å². The number of rotatable bonds is 3. The first-order valence-corrected chi connectivity index (χ1v) is 5.70. The largest absolute Gasteiger partial charge is 0.298 e. The number of carbonyl (C=O) groups is 1. The molecule has 0 aliphatic heterocycles. The van der Waals surface area contributed by atoms with Gasteiger partial charge >= 0.3 is 0 Å². The summed E-state index contributed by atoms with van der Waals surface area (Å²) in [5, 5.41) is 4.34. The van der Waals surface area contributed by atoms with Gasteiger partial charge in [-0.2, -0.15) is 5.10 Å². The number of aryl methyl sites for hydroxylation is 1. The normalized spacial score (nSPS) is 11.6.